The Kier molecular flexibility index (Phi) is 12.9. The summed E-state index contributed by atoms with van der Waals surface area (Å²) in [5.41, 5.74) is 0.225. The van der Waals surface area contributed by atoms with E-state index in [2.05, 4.69) is 25.9 Å². The van der Waals surface area contributed by atoms with E-state index in [-0.39, 0.29) is 92.7 Å². The Morgan fingerprint density at radius 3 is 2.36 bits per heavy atom. The fraction of sp³-hybridized carbons (Fsp3) is 0.378. The maximum atomic E-state index is 14.1. The first-order valence-corrected chi connectivity index (χ1v) is 17.9. The minimum absolute atomic E-state index is 0.0319. The third kappa shape index (κ3) is 9.55. The van der Waals surface area contributed by atoms with Gasteiger partial charge in [0.05, 0.1) is 68.8 Å². The van der Waals surface area contributed by atoms with Crippen LogP contribution < -0.4 is 21.3 Å². The van der Waals surface area contributed by atoms with E-state index < -0.39 is 70.9 Å². The predicted molar refractivity (Wildman–Crippen MR) is 192 cm³/mol. The summed E-state index contributed by atoms with van der Waals surface area (Å²) in [4.78, 5) is 71.4. The van der Waals surface area contributed by atoms with Gasteiger partial charge in [0.1, 0.15) is 17.6 Å². The van der Waals surface area contributed by atoms with Crippen LogP contribution in [0.1, 0.15) is 56.5 Å². The zero-order valence-corrected chi connectivity index (χ0v) is 30.7. The molecule has 6 rings (SSSR count). The number of anilines is 2. The number of alkyl halides is 3. The van der Waals surface area contributed by atoms with Crippen molar-refractivity contribution in [1.29, 1.82) is 0 Å². The summed E-state index contributed by atoms with van der Waals surface area (Å²) < 4.78 is 91.3. The van der Waals surface area contributed by atoms with Gasteiger partial charge in [-0.05, 0) is 37.5 Å². The Bertz CT molecular complexity index is 2200. The summed E-state index contributed by atoms with van der Waals surface area (Å²) in [6, 6.07) is 1.21. The second kappa shape index (κ2) is 18.0. The predicted octanol–water partition coefficient (Wildman–Crippen LogP) is 4.34. The number of hydrogen-bond donors (Lipinski definition) is 4. The van der Waals surface area contributed by atoms with E-state index in [0.29, 0.717) is 18.1 Å². The molecule has 1 unspecified atom stereocenters. The number of imide groups is 2. The average Bonchev–Trinajstić information content (AvgIpc) is 3.63. The van der Waals surface area contributed by atoms with Crippen molar-refractivity contribution in [2.45, 2.75) is 44.4 Å². The number of rotatable bonds is 17. The molecule has 2 aliphatic rings. The molecule has 4 N–H and O–H groups in total. The number of furan rings is 1. The lowest BCUT2D eigenvalue weighted by Crippen LogP contribution is -2.54. The van der Waals surface area contributed by atoms with Crippen LogP contribution in [0.15, 0.2) is 47.1 Å². The zero-order chi connectivity index (χ0) is 41.6. The van der Waals surface area contributed by atoms with Crippen LogP contribution in [0, 0.1) is 18.6 Å². The van der Waals surface area contributed by atoms with Gasteiger partial charge in [-0.1, -0.05) is 12.1 Å². The van der Waals surface area contributed by atoms with Crippen LogP contribution in [0.25, 0.3) is 11.0 Å². The molecular formula is C37H36F5N7O9. The highest BCUT2D eigenvalue weighted by Gasteiger charge is 2.46. The smallest absolute Gasteiger partial charge is 0.416 e. The molecule has 0 radical (unpaired) electrons. The number of piperidine rings is 1. The monoisotopic (exact) mass is 817 g/mol. The minimum Gasteiger partial charge on any atom is -0.455 e. The normalized spacial score (nSPS) is 16.1. The van der Waals surface area contributed by atoms with E-state index in [1.54, 1.807) is 17.4 Å². The number of halogens is 5. The van der Waals surface area contributed by atoms with Gasteiger partial charge in [0, 0.05) is 30.0 Å². The molecule has 2 atom stereocenters. The van der Waals surface area contributed by atoms with Gasteiger partial charge in [-0.3, -0.25) is 29.4 Å². The van der Waals surface area contributed by atoms with Crippen molar-refractivity contribution in [3.63, 3.8) is 0 Å². The third-order valence-corrected chi connectivity index (χ3v) is 9.11. The van der Waals surface area contributed by atoms with Gasteiger partial charge in [0.2, 0.25) is 17.8 Å². The summed E-state index contributed by atoms with van der Waals surface area (Å²) >= 11 is 0. The Hall–Kier alpha value is -6.06. The Morgan fingerprint density at radius 1 is 0.983 bits per heavy atom. The van der Waals surface area contributed by atoms with Crippen LogP contribution in [0.5, 0.6) is 0 Å². The highest BCUT2D eigenvalue weighted by atomic mass is 19.4. The summed E-state index contributed by atoms with van der Waals surface area (Å²) in [5, 5.41) is 8.79. The maximum Gasteiger partial charge on any atom is 0.416 e. The SMILES string of the molecule is Cc1c([C@@H](NC(=O)Nc2cnc(NCCOCCOCCOCCc3cccc4c3C(=O)N(C3CCC(=O)NC3=O)C4=O)nc2)C(F)(F)F)oc2c(F)cc(F)cc12. The van der Waals surface area contributed by atoms with Gasteiger partial charge in [-0.25, -0.2) is 23.5 Å². The first kappa shape index (κ1) is 41.6. The lowest BCUT2D eigenvalue weighted by molar-refractivity contribution is -0.158. The number of ether oxygens (including phenoxy) is 3. The number of amides is 6. The molecule has 1 fully saturated rings. The molecule has 6 amide bonds. The number of nitrogens with one attached hydrogen (secondary N) is 4. The third-order valence-electron chi connectivity index (χ3n) is 9.11. The number of hydrogen-bond acceptors (Lipinski definition) is 12. The van der Waals surface area contributed by atoms with E-state index in [9.17, 15) is 45.9 Å². The molecule has 0 aliphatic carbocycles. The number of aryl methyl sites for hydroxylation is 1. The summed E-state index contributed by atoms with van der Waals surface area (Å²) in [6.45, 7) is 3.00. The molecule has 1 saturated heterocycles. The van der Waals surface area contributed by atoms with Crippen molar-refractivity contribution >= 4 is 52.3 Å². The molecule has 4 heterocycles. The number of aromatic nitrogens is 2. The largest absolute Gasteiger partial charge is 0.455 e. The number of nitrogens with zero attached hydrogens (tertiary/aromatic N) is 3. The molecule has 0 bridgehead atoms. The van der Waals surface area contributed by atoms with Crippen LogP contribution in [-0.4, -0.2) is 103 Å². The summed E-state index contributed by atoms with van der Waals surface area (Å²) in [5.74, 6) is -5.12. The molecule has 16 nitrogen and oxygen atoms in total. The van der Waals surface area contributed by atoms with E-state index in [4.69, 9.17) is 18.6 Å². The van der Waals surface area contributed by atoms with Gasteiger partial charge in [0.15, 0.2) is 17.4 Å². The Morgan fingerprint density at radius 2 is 1.67 bits per heavy atom. The Balaban J connectivity index is 0.840. The number of benzene rings is 2. The highest BCUT2D eigenvalue weighted by Crippen LogP contribution is 2.39. The van der Waals surface area contributed by atoms with E-state index >= 15 is 0 Å². The summed E-state index contributed by atoms with van der Waals surface area (Å²) in [6.07, 6.45) is -2.30. The number of urea groups is 1. The lowest BCUT2D eigenvalue weighted by Gasteiger charge is -2.27. The van der Waals surface area contributed by atoms with Gasteiger partial charge in [-0.2, -0.15) is 13.2 Å². The second-order valence-corrected chi connectivity index (χ2v) is 13.0. The van der Waals surface area contributed by atoms with Crippen molar-refractivity contribution in [2.75, 3.05) is 56.8 Å². The molecule has 0 spiro atoms. The van der Waals surface area contributed by atoms with E-state index in [0.717, 1.165) is 23.4 Å². The average molecular weight is 818 g/mol. The van der Waals surface area contributed by atoms with Crippen molar-refractivity contribution in [3.8, 4) is 0 Å². The molecule has 2 aromatic heterocycles. The second-order valence-electron chi connectivity index (χ2n) is 13.0. The van der Waals surface area contributed by atoms with Crippen molar-refractivity contribution in [1.82, 2.24) is 25.5 Å². The van der Waals surface area contributed by atoms with E-state index in [1.165, 1.54) is 13.0 Å². The summed E-state index contributed by atoms with van der Waals surface area (Å²) in [7, 11) is 0. The quantitative estimate of drug-likeness (QED) is 0.0668. The van der Waals surface area contributed by atoms with Crippen LogP contribution in [0.2, 0.25) is 0 Å². The van der Waals surface area contributed by atoms with Gasteiger partial charge < -0.3 is 34.6 Å². The van der Waals surface area contributed by atoms with Crippen molar-refractivity contribution in [2.24, 2.45) is 0 Å². The molecule has 4 aromatic rings. The van der Waals surface area contributed by atoms with Gasteiger partial charge in [0.25, 0.3) is 11.8 Å². The van der Waals surface area contributed by atoms with Gasteiger partial charge >= 0.3 is 12.2 Å². The fourth-order valence-electron chi connectivity index (χ4n) is 6.37. The molecule has 2 aliphatic heterocycles. The topological polar surface area (TPSA) is 203 Å². The van der Waals surface area contributed by atoms with Crippen LogP contribution in [0.4, 0.5) is 38.4 Å². The number of carbonyl (C=O) groups excluding carboxylic acids is 5. The van der Waals surface area contributed by atoms with Crippen LogP contribution in [-0.2, 0) is 30.2 Å². The van der Waals surface area contributed by atoms with Crippen molar-refractivity contribution in [3.05, 3.63) is 82.4 Å². The fourth-order valence-corrected chi connectivity index (χ4v) is 6.37. The molecule has 2 aromatic carbocycles. The maximum absolute atomic E-state index is 14.1. The lowest BCUT2D eigenvalue weighted by atomic mass is 10.0. The van der Waals surface area contributed by atoms with Crippen molar-refractivity contribution < 1.29 is 64.6 Å². The first-order valence-electron chi connectivity index (χ1n) is 17.9. The minimum atomic E-state index is -5.05. The van der Waals surface area contributed by atoms with Gasteiger partial charge in [-0.15, -0.1) is 0 Å². The first-order chi connectivity index (χ1) is 27.7. The molecule has 308 valence electrons. The standard InChI is InChI=1S/C37H36F5N7O9/c1-19-24-15-21(38)16-25(39)30(24)58-29(19)31(37(40,41)42)48-36(54)46-22-17-44-35(45-18-22)43-8-10-56-12-14-57-13-11-55-9-7-20-3-2-4-23-28(20)34(53)49(33(23)52)26-5-6-27(50)47-32(26)51/h2-4,15-18,26,31H,5-14H2,1H3,(H,43,44,45)(H2,46,48,54)(H,47,50,51)/t26?,31-/m1/s1. The highest BCUT2D eigenvalue weighted by molar-refractivity contribution is 6.24. The van der Waals surface area contributed by atoms with E-state index in [1.807, 2.05) is 0 Å². The zero-order valence-electron chi connectivity index (χ0n) is 30.7. The van der Waals surface area contributed by atoms with Crippen LogP contribution >= 0.6 is 0 Å². The van der Waals surface area contributed by atoms with Crippen LogP contribution in [0.3, 0.4) is 0 Å². The molecular weight excluding hydrogens is 781 g/mol. The number of carbonyl (C=O) groups is 5. The molecule has 0 saturated carbocycles. The molecule has 58 heavy (non-hydrogen) atoms. The molecule has 21 heteroatoms. The number of fused-ring (bicyclic) bond motifs is 2. The Labute approximate surface area is 325 Å².